The molecule has 104 valence electrons. The molecule has 0 spiro atoms. The van der Waals surface area contributed by atoms with E-state index in [4.69, 9.17) is 4.52 Å². The fraction of sp³-hybridized carbons (Fsp3) is 0.667. The van der Waals surface area contributed by atoms with Gasteiger partial charge >= 0.3 is 0 Å². The van der Waals surface area contributed by atoms with Gasteiger partial charge in [0.25, 0.3) is 0 Å². The van der Waals surface area contributed by atoms with Crippen LogP contribution in [0.4, 0.5) is 0 Å². The van der Waals surface area contributed by atoms with Gasteiger partial charge < -0.3 is 4.52 Å². The third-order valence-electron chi connectivity index (χ3n) is 4.71. The lowest BCUT2D eigenvalue weighted by molar-refractivity contribution is 0.224. The molecular weight excluding hydrogens is 238 g/mol. The monoisotopic (exact) mass is 261 g/mol. The van der Waals surface area contributed by atoms with Crippen LogP contribution in [0.15, 0.2) is 17.2 Å². The van der Waals surface area contributed by atoms with E-state index in [1.54, 1.807) is 0 Å². The maximum absolute atomic E-state index is 5.28. The Labute approximate surface area is 115 Å². The highest BCUT2D eigenvalue weighted by molar-refractivity contribution is 5.21. The van der Waals surface area contributed by atoms with Crippen molar-refractivity contribution < 1.29 is 4.52 Å². The molecule has 19 heavy (non-hydrogen) atoms. The van der Waals surface area contributed by atoms with E-state index in [2.05, 4.69) is 21.5 Å². The molecule has 0 saturated carbocycles. The summed E-state index contributed by atoms with van der Waals surface area (Å²) in [5.41, 5.74) is 2.32. The van der Waals surface area contributed by atoms with E-state index in [0.29, 0.717) is 6.04 Å². The predicted octanol–water partition coefficient (Wildman–Crippen LogP) is 2.13. The van der Waals surface area contributed by atoms with Gasteiger partial charge in [0.15, 0.2) is 0 Å². The van der Waals surface area contributed by atoms with Gasteiger partial charge in [0, 0.05) is 43.8 Å². The Morgan fingerprint density at radius 2 is 1.95 bits per heavy atom. The van der Waals surface area contributed by atoms with Gasteiger partial charge in [-0.15, -0.1) is 6.58 Å². The quantitative estimate of drug-likeness (QED) is 0.777. The van der Waals surface area contributed by atoms with Crippen LogP contribution in [0.1, 0.15) is 29.9 Å². The zero-order valence-corrected chi connectivity index (χ0v) is 11.9. The zero-order chi connectivity index (χ0) is 13.4. The lowest BCUT2D eigenvalue weighted by atomic mass is 10.1. The summed E-state index contributed by atoms with van der Waals surface area (Å²) in [6.45, 7) is 12.3. The van der Waals surface area contributed by atoms with Gasteiger partial charge in [0.1, 0.15) is 5.76 Å². The third-order valence-corrected chi connectivity index (χ3v) is 4.71. The van der Waals surface area contributed by atoms with E-state index >= 15 is 0 Å². The molecule has 4 heteroatoms. The Morgan fingerprint density at radius 3 is 2.58 bits per heavy atom. The van der Waals surface area contributed by atoms with Crippen LogP contribution in [0.5, 0.6) is 0 Å². The van der Waals surface area contributed by atoms with Crippen LogP contribution in [-0.2, 0) is 6.54 Å². The molecule has 1 aromatic heterocycles. The van der Waals surface area contributed by atoms with Crippen LogP contribution >= 0.6 is 0 Å². The van der Waals surface area contributed by atoms with Gasteiger partial charge in [-0.2, -0.15) is 0 Å². The summed E-state index contributed by atoms with van der Waals surface area (Å²) in [7, 11) is 0. The Hall–Kier alpha value is -1.13. The molecule has 2 aliphatic heterocycles. The molecule has 0 unspecified atom stereocenters. The van der Waals surface area contributed by atoms with Crippen LogP contribution in [0.25, 0.3) is 0 Å². The predicted molar refractivity (Wildman–Crippen MR) is 75.0 cm³/mol. The standard InChI is InChI=1S/C15H23N3O/c1-4-7-17-8-5-15-14(17)6-9-18(15)10-13-11(2)16-19-12(13)3/h4,14-15H,1,5-10H2,2-3H3/t14-,15+/m1/s1. The van der Waals surface area contributed by atoms with E-state index in [1.165, 1.54) is 31.5 Å². The smallest absolute Gasteiger partial charge is 0.138 e. The van der Waals surface area contributed by atoms with Gasteiger partial charge in [0.2, 0.25) is 0 Å². The summed E-state index contributed by atoms with van der Waals surface area (Å²) >= 11 is 0. The lowest BCUT2D eigenvalue weighted by Gasteiger charge is -2.24. The summed E-state index contributed by atoms with van der Waals surface area (Å²) in [6, 6.07) is 1.42. The van der Waals surface area contributed by atoms with Crippen molar-refractivity contribution in [2.45, 2.75) is 45.3 Å². The molecule has 0 amide bonds. The second-order valence-corrected chi connectivity index (χ2v) is 5.77. The van der Waals surface area contributed by atoms with Gasteiger partial charge in [-0.25, -0.2) is 0 Å². The summed E-state index contributed by atoms with van der Waals surface area (Å²) in [5.74, 6) is 0.974. The molecule has 3 rings (SSSR count). The summed E-state index contributed by atoms with van der Waals surface area (Å²) in [5, 5.41) is 4.06. The number of fused-ring (bicyclic) bond motifs is 1. The van der Waals surface area contributed by atoms with E-state index in [1.807, 2.05) is 19.9 Å². The van der Waals surface area contributed by atoms with Crippen LogP contribution in [0, 0.1) is 13.8 Å². The van der Waals surface area contributed by atoms with Crippen LogP contribution in [0.3, 0.4) is 0 Å². The average molecular weight is 261 g/mol. The molecule has 4 nitrogen and oxygen atoms in total. The number of aromatic nitrogens is 1. The van der Waals surface area contributed by atoms with Crippen molar-refractivity contribution in [3.63, 3.8) is 0 Å². The Kier molecular flexibility index (Phi) is 3.46. The third kappa shape index (κ3) is 2.23. The second-order valence-electron chi connectivity index (χ2n) is 5.77. The minimum atomic E-state index is 0.702. The molecule has 2 fully saturated rings. The number of hydrogen-bond donors (Lipinski definition) is 0. The Morgan fingerprint density at radius 1 is 1.26 bits per heavy atom. The van der Waals surface area contributed by atoms with Gasteiger partial charge in [-0.3, -0.25) is 9.80 Å². The molecule has 2 atom stereocenters. The van der Waals surface area contributed by atoms with E-state index in [0.717, 1.165) is 30.6 Å². The van der Waals surface area contributed by atoms with Crippen molar-refractivity contribution in [3.05, 3.63) is 29.7 Å². The summed E-state index contributed by atoms with van der Waals surface area (Å²) < 4.78 is 5.28. The molecule has 0 bridgehead atoms. The van der Waals surface area contributed by atoms with Crippen LogP contribution < -0.4 is 0 Å². The summed E-state index contributed by atoms with van der Waals surface area (Å²) in [6.07, 6.45) is 4.59. The number of hydrogen-bond acceptors (Lipinski definition) is 4. The highest BCUT2D eigenvalue weighted by Crippen LogP contribution is 2.33. The molecular formula is C15H23N3O. The van der Waals surface area contributed by atoms with Crippen LogP contribution in [-0.4, -0.2) is 46.7 Å². The van der Waals surface area contributed by atoms with Gasteiger partial charge in [-0.05, 0) is 26.7 Å². The maximum atomic E-state index is 5.28. The highest BCUT2D eigenvalue weighted by atomic mass is 16.5. The van der Waals surface area contributed by atoms with Crippen molar-refractivity contribution in [1.29, 1.82) is 0 Å². The highest BCUT2D eigenvalue weighted by Gasteiger charge is 2.41. The number of nitrogens with zero attached hydrogens (tertiary/aromatic N) is 3. The first-order chi connectivity index (χ1) is 9.20. The van der Waals surface area contributed by atoms with Crippen molar-refractivity contribution in [2.24, 2.45) is 0 Å². The maximum Gasteiger partial charge on any atom is 0.138 e. The first kappa shape index (κ1) is 12.9. The average Bonchev–Trinajstić information content (AvgIpc) is 3.04. The fourth-order valence-electron chi connectivity index (χ4n) is 3.68. The number of aryl methyl sites for hydroxylation is 2. The second kappa shape index (κ2) is 5.10. The minimum Gasteiger partial charge on any atom is -0.361 e. The molecule has 2 saturated heterocycles. The molecule has 3 heterocycles. The van der Waals surface area contributed by atoms with Crippen LogP contribution in [0.2, 0.25) is 0 Å². The van der Waals surface area contributed by atoms with Crippen molar-refractivity contribution >= 4 is 0 Å². The molecule has 0 N–H and O–H groups in total. The van der Waals surface area contributed by atoms with Crippen molar-refractivity contribution in [2.75, 3.05) is 19.6 Å². The van der Waals surface area contributed by atoms with E-state index in [-0.39, 0.29) is 0 Å². The number of rotatable bonds is 4. The molecule has 2 aliphatic rings. The Balaban J connectivity index is 1.70. The normalized spacial score (nSPS) is 27.9. The number of likely N-dealkylation sites (tertiary alicyclic amines) is 2. The van der Waals surface area contributed by atoms with Gasteiger partial charge in [0.05, 0.1) is 5.69 Å². The first-order valence-corrected chi connectivity index (χ1v) is 7.21. The van der Waals surface area contributed by atoms with Crippen molar-refractivity contribution in [1.82, 2.24) is 15.0 Å². The molecule has 0 radical (unpaired) electrons. The Bertz CT molecular complexity index is 448. The topological polar surface area (TPSA) is 32.5 Å². The van der Waals surface area contributed by atoms with Gasteiger partial charge in [-0.1, -0.05) is 11.2 Å². The fourth-order valence-corrected chi connectivity index (χ4v) is 3.68. The molecule has 0 aromatic carbocycles. The van der Waals surface area contributed by atoms with E-state index < -0.39 is 0 Å². The van der Waals surface area contributed by atoms with E-state index in [9.17, 15) is 0 Å². The lowest BCUT2D eigenvalue weighted by Crippen LogP contribution is -2.36. The largest absolute Gasteiger partial charge is 0.361 e. The van der Waals surface area contributed by atoms with Crippen molar-refractivity contribution in [3.8, 4) is 0 Å². The molecule has 1 aromatic rings. The first-order valence-electron chi connectivity index (χ1n) is 7.21. The SMILES string of the molecule is C=CCN1CC[C@H]2[C@H]1CCN2Cc1c(C)noc1C. The minimum absolute atomic E-state index is 0.702. The summed E-state index contributed by atoms with van der Waals surface area (Å²) in [4.78, 5) is 5.19. The molecule has 0 aliphatic carbocycles. The zero-order valence-electron chi connectivity index (χ0n) is 11.9.